The lowest BCUT2D eigenvalue weighted by molar-refractivity contribution is -0.143. The molecule has 2 unspecified atom stereocenters. The summed E-state index contributed by atoms with van der Waals surface area (Å²) in [6.07, 6.45) is -1.18. The predicted molar refractivity (Wildman–Crippen MR) is 228 cm³/mol. The number of rotatable bonds is 10. The van der Waals surface area contributed by atoms with Crippen LogP contribution in [-0.2, 0) is 30.3 Å². The number of hydrogen-bond acceptors (Lipinski definition) is 7. The van der Waals surface area contributed by atoms with Gasteiger partial charge in [0.25, 0.3) is 0 Å². The number of amides is 3. The van der Waals surface area contributed by atoms with Gasteiger partial charge < -0.3 is 26.5 Å². The highest BCUT2D eigenvalue weighted by Crippen LogP contribution is 2.41. The summed E-state index contributed by atoms with van der Waals surface area (Å²) in [5.74, 6) is -4.37. The third-order valence-electron chi connectivity index (χ3n) is 10.8. The van der Waals surface area contributed by atoms with Crippen LogP contribution in [0.5, 0.6) is 0 Å². The largest absolute Gasteiger partial charge is 0.481 e. The van der Waals surface area contributed by atoms with Gasteiger partial charge in [-0.1, -0.05) is 84.9 Å². The van der Waals surface area contributed by atoms with Crippen LogP contribution in [0.3, 0.4) is 0 Å². The number of primary amides is 1. The van der Waals surface area contributed by atoms with E-state index in [2.05, 4.69) is 0 Å². The van der Waals surface area contributed by atoms with Crippen LogP contribution in [0.2, 0.25) is 0 Å². The van der Waals surface area contributed by atoms with Crippen LogP contribution in [0.4, 0.5) is 38.5 Å². The highest BCUT2D eigenvalue weighted by atomic mass is 19.1. The van der Waals surface area contributed by atoms with Gasteiger partial charge in [-0.05, 0) is 70.8 Å². The molecule has 2 saturated heterocycles. The molecule has 2 aliphatic heterocycles. The van der Waals surface area contributed by atoms with Crippen LogP contribution >= 0.6 is 0 Å². The molecule has 3 amide bonds. The molecule has 0 aromatic heterocycles. The molecular weight excluding hydrogens is 821 g/mol. The number of aliphatic carboxylic acids is 1. The molecule has 63 heavy (non-hydrogen) atoms. The monoisotopic (exact) mass is 862 g/mol. The number of carbonyl (C=O) groups excluding carboxylic acids is 3. The standard InChI is InChI=1S/C24H20F2N2O3.C24H19F2NO4.H3N/c25-18-9-10-20(21(26)14-18)16-5-4-8-19(13-16)28-12-11-24(15-22(27)29,31-23(28)30)17-6-2-1-3-7-17;25-18-9-10-20(21(26)14-18)16-5-4-8-19(13-16)27-12-11-24(15-22(28)29,31-23(27)30)17-6-2-1-3-7-17;/h1-10,13-14H,11-12,15H2,(H2,27,29);1-10,13-14H,11-12,15H2,(H,28,29);1H3. The van der Waals surface area contributed by atoms with E-state index in [1.165, 1.54) is 34.1 Å². The Kier molecular flexibility index (Phi) is 13.6. The average molecular weight is 863 g/mol. The van der Waals surface area contributed by atoms with Crippen molar-refractivity contribution in [3.05, 3.63) is 180 Å². The zero-order valence-electron chi connectivity index (χ0n) is 33.7. The van der Waals surface area contributed by atoms with Crippen LogP contribution in [-0.4, -0.2) is 42.3 Å². The second-order valence-corrected chi connectivity index (χ2v) is 14.8. The van der Waals surface area contributed by atoms with Gasteiger partial charge in [0.05, 0.1) is 12.8 Å². The molecule has 2 heterocycles. The first-order valence-electron chi connectivity index (χ1n) is 19.5. The van der Waals surface area contributed by atoms with E-state index in [1.807, 2.05) is 6.07 Å². The van der Waals surface area contributed by atoms with Gasteiger partial charge >= 0.3 is 18.2 Å². The number of benzene rings is 6. The van der Waals surface area contributed by atoms with Crippen molar-refractivity contribution in [2.45, 2.75) is 36.9 Å². The number of carboxylic acids is 1. The highest BCUT2D eigenvalue weighted by molar-refractivity contribution is 5.91. The summed E-state index contributed by atoms with van der Waals surface area (Å²) in [6, 6.07) is 37.8. The molecule has 0 spiro atoms. The second-order valence-electron chi connectivity index (χ2n) is 14.8. The zero-order valence-corrected chi connectivity index (χ0v) is 33.7. The number of carboxylic acid groups (broad SMARTS) is 1. The summed E-state index contributed by atoms with van der Waals surface area (Å²) in [5, 5.41) is 9.40. The number of carbonyl (C=O) groups is 4. The number of halogens is 4. The number of anilines is 2. The minimum atomic E-state index is -1.26. The SMILES string of the molecule is N.NC(=O)CC1(c2ccccc2)CCN(c2cccc(-c3ccc(F)cc3F)c2)C(=O)O1.O=C(O)CC1(c2ccccc2)CCN(c2cccc(-c3ccc(F)cc3F)c2)C(=O)O1. The Morgan fingerprint density at radius 2 is 0.984 bits per heavy atom. The van der Waals surface area contributed by atoms with Crippen molar-refractivity contribution in [2.24, 2.45) is 5.73 Å². The quantitative estimate of drug-likeness (QED) is 0.114. The Morgan fingerprint density at radius 1 is 0.571 bits per heavy atom. The third-order valence-corrected chi connectivity index (χ3v) is 10.8. The number of ether oxygens (including phenoxy) is 2. The summed E-state index contributed by atoms with van der Waals surface area (Å²) in [6.45, 7) is 0.493. The summed E-state index contributed by atoms with van der Waals surface area (Å²) < 4.78 is 66.4. The Labute approximate surface area is 359 Å². The van der Waals surface area contributed by atoms with Gasteiger partial charge in [0.1, 0.15) is 28.9 Å². The Bertz CT molecular complexity index is 2460. The summed E-state index contributed by atoms with van der Waals surface area (Å²) >= 11 is 0. The molecule has 324 valence electrons. The van der Waals surface area contributed by atoms with Gasteiger partial charge in [0.2, 0.25) is 5.91 Å². The molecule has 6 aromatic rings. The first-order valence-corrected chi connectivity index (χ1v) is 19.5. The molecule has 2 atom stereocenters. The van der Waals surface area contributed by atoms with Crippen molar-refractivity contribution in [2.75, 3.05) is 22.9 Å². The minimum Gasteiger partial charge on any atom is -0.481 e. The average Bonchev–Trinajstić information content (AvgIpc) is 3.24. The maximum absolute atomic E-state index is 14.2. The summed E-state index contributed by atoms with van der Waals surface area (Å²) in [7, 11) is 0. The third kappa shape index (κ3) is 10.0. The molecule has 11 nitrogen and oxygen atoms in total. The fourth-order valence-corrected chi connectivity index (χ4v) is 7.78. The molecule has 0 aliphatic carbocycles. The number of nitrogens with zero attached hydrogens (tertiary/aromatic N) is 2. The maximum atomic E-state index is 14.2. The van der Waals surface area contributed by atoms with Crippen LogP contribution in [0.15, 0.2) is 146 Å². The molecule has 0 saturated carbocycles. The molecular formula is C48H42F4N4O7. The Morgan fingerprint density at radius 3 is 1.35 bits per heavy atom. The topological polar surface area (TPSA) is 174 Å². The lowest BCUT2D eigenvalue weighted by Crippen LogP contribution is -2.49. The fourth-order valence-electron chi connectivity index (χ4n) is 7.78. The first-order chi connectivity index (χ1) is 29.8. The van der Waals surface area contributed by atoms with E-state index in [9.17, 15) is 41.8 Å². The van der Waals surface area contributed by atoms with Crippen LogP contribution in [0.25, 0.3) is 22.3 Å². The van der Waals surface area contributed by atoms with E-state index in [-0.39, 0.29) is 49.6 Å². The highest BCUT2D eigenvalue weighted by Gasteiger charge is 2.45. The summed E-state index contributed by atoms with van der Waals surface area (Å²) in [4.78, 5) is 51.9. The smallest absolute Gasteiger partial charge is 0.415 e. The molecule has 2 aliphatic rings. The fraction of sp³-hybridized carbons (Fsp3) is 0.167. The van der Waals surface area contributed by atoms with Crippen molar-refractivity contribution in [1.29, 1.82) is 0 Å². The van der Waals surface area contributed by atoms with E-state index < -0.39 is 58.5 Å². The van der Waals surface area contributed by atoms with Crippen molar-refractivity contribution in [3.8, 4) is 22.3 Å². The molecule has 15 heteroatoms. The normalized spacial score (nSPS) is 18.2. The van der Waals surface area contributed by atoms with Gasteiger partial charge in [-0.3, -0.25) is 19.4 Å². The number of nitrogens with two attached hydrogens (primary N) is 1. The lowest BCUT2D eigenvalue weighted by atomic mass is 9.85. The molecule has 6 aromatic carbocycles. The molecule has 2 fully saturated rings. The summed E-state index contributed by atoms with van der Waals surface area (Å²) in [5.41, 5.74) is 6.75. The molecule has 0 bridgehead atoms. The minimum absolute atomic E-state index is 0. The Balaban J connectivity index is 0.000000206. The second kappa shape index (κ2) is 19.0. The van der Waals surface area contributed by atoms with Gasteiger partial charge in [0.15, 0.2) is 5.60 Å². The van der Waals surface area contributed by atoms with Crippen LogP contribution in [0, 0.1) is 23.3 Å². The molecule has 0 radical (unpaired) electrons. The van der Waals surface area contributed by atoms with Crippen LogP contribution < -0.4 is 21.7 Å². The maximum Gasteiger partial charge on any atom is 0.415 e. The van der Waals surface area contributed by atoms with Crippen molar-refractivity contribution < 1.29 is 51.3 Å². The molecule has 8 rings (SSSR count). The van der Waals surface area contributed by atoms with E-state index in [0.29, 0.717) is 40.0 Å². The predicted octanol–water partition coefficient (Wildman–Crippen LogP) is 10.3. The molecule has 6 N–H and O–H groups in total. The zero-order chi connectivity index (χ0) is 44.0. The van der Waals surface area contributed by atoms with Gasteiger partial charge in [-0.2, -0.15) is 0 Å². The van der Waals surface area contributed by atoms with Crippen molar-refractivity contribution in [3.63, 3.8) is 0 Å². The van der Waals surface area contributed by atoms with Gasteiger partial charge in [-0.15, -0.1) is 0 Å². The van der Waals surface area contributed by atoms with E-state index >= 15 is 0 Å². The van der Waals surface area contributed by atoms with Gasteiger partial charge in [-0.25, -0.2) is 27.2 Å². The van der Waals surface area contributed by atoms with E-state index in [4.69, 9.17) is 15.2 Å². The lowest BCUT2D eigenvalue weighted by Gasteiger charge is -2.41. The number of cyclic esters (lactones) is 2. The Hall–Kier alpha value is -7.52. The number of hydrogen-bond donors (Lipinski definition) is 3. The van der Waals surface area contributed by atoms with E-state index in [0.717, 1.165) is 12.1 Å². The van der Waals surface area contributed by atoms with E-state index in [1.54, 1.807) is 103 Å². The van der Waals surface area contributed by atoms with Crippen LogP contribution in [0.1, 0.15) is 36.8 Å². The van der Waals surface area contributed by atoms with Crippen molar-refractivity contribution in [1.82, 2.24) is 6.15 Å². The van der Waals surface area contributed by atoms with Crippen molar-refractivity contribution >= 4 is 35.4 Å². The van der Waals surface area contributed by atoms with Gasteiger partial charge in [0, 0.05) is 60.6 Å². The first kappa shape index (κ1) is 45.0.